The molecule has 34 heavy (non-hydrogen) atoms. The van der Waals surface area contributed by atoms with Crippen LogP contribution in [0.1, 0.15) is 28.8 Å². The molecule has 7 nitrogen and oxygen atoms in total. The summed E-state index contributed by atoms with van der Waals surface area (Å²) in [5, 5.41) is 1.70. The number of hydrogen-bond donors (Lipinski definition) is 1. The Bertz CT molecular complexity index is 1220. The standard InChI is InChI=1S/C25H27N3O4S2/c29-23(12-4-9-20-7-2-1-3-8-20)27-14-16-28(17-15-27)25(30)21-10-5-11-22(19-21)26-34(31,32)24-13-6-18-33-24/h1-3,5-8,10-11,13,18-19,26H,4,9,12,14-17H2. The summed E-state index contributed by atoms with van der Waals surface area (Å²) in [6.45, 7) is 1.91. The average molecular weight is 498 g/mol. The summed E-state index contributed by atoms with van der Waals surface area (Å²) in [5.41, 5.74) is 1.98. The highest BCUT2D eigenvalue weighted by Gasteiger charge is 2.25. The van der Waals surface area contributed by atoms with Crippen molar-refractivity contribution in [1.29, 1.82) is 0 Å². The van der Waals surface area contributed by atoms with E-state index in [9.17, 15) is 18.0 Å². The fraction of sp³-hybridized carbons (Fsp3) is 0.280. The van der Waals surface area contributed by atoms with Crippen molar-refractivity contribution in [1.82, 2.24) is 9.80 Å². The molecule has 0 radical (unpaired) electrons. The Morgan fingerprint density at radius 1 is 0.882 bits per heavy atom. The number of thiophene rings is 1. The van der Waals surface area contributed by atoms with Crippen LogP contribution in [0.3, 0.4) is 0 Å². The van der Waals surface area contributed by atoms with E-state index in [1.54, 1.807) is 40.6 Å². The molecule has 178 valence electrons. The monoisotopic (exact) mass is 497 g/mol. The Kier molecular flexibility index (Phi) is 7.64. The number of rotatable bonds is 8. The van der Waals surface area contributed by atoms with Gasteiger partial charge in [0.2, 0.25) is 5.91 Å². The smallest absolute Gasteiger partial charge is 0.271 e. The van der Waals surface area contributed by atoms with Crippen LogP contribution in [-0.4, -0.2) is 56.2 Å². The molecule has 2 heterocycles. The van der Waals surface area contributed by atoms with E-state index in [1.807, 2.05) is 23.1 Å². The summed E-state index contributed by atoms with van der Waals surface area (Å²) in [7, 11) is -3.68. The van der Waals surface area contributed by atoms with Crippen LogP contribution in [0.15, 0.2) is 76.3 Å². The maximum atomic E-state index is 13.0. The number of sulfonamides is 1. The van der Waals surface area contributed by atoms with Crippen LogP contribution in [0.2, 0.25) is 0 Å². The number of carbonyl (C=O) groups is 2. The SMILES string of the molecule is O=C(CCCc1ccccc1)N1CCN(C(=O)c2cccc(NS(=O)(=O)c3cccs3)c2)CC1. The van der Waals surface area contributed by atoms with E-state index in [-0.39, 0.29) is 16.0 Å². The zero-order valence-corrected chi connectivity index (χ0v) is 20.4. The molecule has 0 aliphatic carbocycles. The third-order valence-electron chi connectivity index (χ3n) is 5.74. The molecule has 1 N–H and O–H groups in total. The molecule has 1 aliphatic rings. The van der Waals surface area contributed by atoms with Crippen molar-refractivity contribution in [2.75, 3.05) is 30.9 Å². The molecule has 9 heteroatoms. The van der Waals surface area contributed by atoms with E-state index >= 15 is 0 Å². The molecule has 0 atom stereocenters. The van der Waals surface area contributed by atoms with Crippen LogP contribution in [0, 0.1) is 0 Å². The second kappa shape index (κ2) is 10.8. The first-order valence-corrected chi connectivity index (χ1v) is 13.6. The van der Waals surface area contributed by atoms with Gasteiger partial charge in [-0.2, -0.15) is 0 Å². The van der Waals surface area contributed by atoms with Crippen LogP contribution < -0.4 is 4.72 Å². The van der Waals surface area contributed by atoms with Crippen molar-refractivity contribution in [2.24, 2.45) is 0 Å². The second-order valence-electron chi connectivity index (χ2n) is 8.13. The fourth-order valence-electron chi connectivity index (χ4n) is 3.93. The van der Waals surface area contributed by atoms with Gasteiger partial charge in [-0.1, -0.05) is 42.5 Å². The number of piperazine rings is 1. The molecule has 1 saturated heterocycles. The van der Waals surface area contributed by atoms with Gasteiger partial charge in [-0.15, -0.1) is 11.3 Å². The van der Waals surface area contributed by atoms with Gasteiger partial charge >= 0.3 is 0 Å². The minimum atomic E-state index is -3.68. The van der Waals surface area contributed by atoms with E-state index in [0.717, 1.165) is 24.2 Å². The molecule has 2 aromatic carbocycles. The van der Waals surface area contributed by atoms with Gasteiger partial charge in [0.1, 0.15) is 4.21 Å². The van der Waals surface area contributed by atoms with Crippen LogP contribution in [-0.2, 0) is 21.2 Å². The number of anilines is 1. The van der Waals surface area contributed by atoms with Crippen molar-refractivity contribution in [3.05, 3.63) is 83.2 Å². The summed E-state index contributed by atoms with van der Waals surface area (Å²) in [4.78, 5) is 29.1. The highest BCUT2D eigenvalue weighted by Crippen LogP contribution is 2.21. The van der Waals surface area contributed by atoms with Gasteiger partial charge in [0.25, 0.3) is 15.9 Å². The molecule has 1 aromatic heterocycles. The number of benzene rings is 2. The Morgan fingerprint density at radius 3 is 2.32 bits per heavy atom. The lowest BCUT2D eigenvalue weighted by molar-refractivity contribution is -0.132. The molecule has 2 amide bonds. The van der Waals surface area contributed by atoms with E-state index in [1.165, 1.54) is 11.6 Å². The van der Waals surface area contributed by atoms with Crippen molar-refractivity contribution in [2.45, 2.75) is 23.5 Å². The van der Waals surface area contributed by atoms with Gasteiger partial charge in [0.05, 0.1) is 0 Å². The van der Waals surface area contributed by atoms with E-state index in [0.29, 0.717) is 43.9 Å². The number of hydrogen-bond acceptors (Lipinski definition) is 5. The van der Waals surface area contributed by atoms with Crippen LogP contribution in [0.25, 0.3) is 0 Å². The highest BCUT2D eigenvalue weighted by atomic mass is 32.2. The molecular weight excluding hydrogens is 470 g/mol. The first-order valence-electron chi connectivity index (χ1n) is 11.2. The zero-order chi connectivity index (χ0) is 24.0. The Hall–Kier alpha value is -3.17. The molecule has 0 unspecified atom stereocenters. The maximum Gasteiger partial charge on any atom is 0.271 e. The number of nitrogens with zero attached hydrogens (tertiary/aromatic N) is 2. The normalized spacial score (nSPS) is 14.1. The lowest BCUT2D eigenvalue weighted by atomic mass is 10.1. The number of aryl methyl sites for hydroxylation is 1. The van der Waals surface area contributed by atoms with Gasteiger partial charge < -0.3 is 9.80 Å². The van der Waals surface area contributed by atoms with Crippen molar-refractivity contribution in [3.8, 4) is 0 Å². The topological polar surface area (TPSA) is 86.8 Å². The molecule has 4 rings (SSSR count). The summed E-state index contributed by atoms with van der Waals surface area (Å²) in [6.07, 6.45) is 2.17. The number of carbonyl (C=O) groups excluding carboxylic acids is 2. The maximum absolute atomic E-state index is 13.0. The molecule has 0 spiro atoms. The van der Waals surface area contributed by atoms with Gasteiger partial charge in [-0.05, 0) is 48.1 Å². The second-order valence-corrected chi connectivity index (χ2v) is 11.0. The van der Waals surface area contributed by atoms with Gasteiger partial charge in [-0.3, -0.25) is 14.3 Å². The highest BCUT2D eigenvalue weighted by molar-refractivity contribution is 7.94. The van der Waals surface area contributed by atoms with E-state index < -0.39 is 10.0 Å². The summed E-state index contributed by atoms with van der Waals surface area (Å²) in [5.74, 6) is -0.0543. The molecule has 0 saturated carbocycles. The number of amides is 2. The van der Waals surface area contributed by atoms with E-state index in [4.69, 9.17) is 0 Å². The minimum Gasteiger partial charge on any atom is -0.339 e. The predicted octanol–water partition coefficient (Wildman–Crippen LogP) is 3.86. The Balaban J connectivity index is 1.28. The van der Waals surface area contributed by atoms with Crippen molar-refractivity contribution < 1.29 is 18.0 Å². The van der Waals surface area contributed by atoms with Gasteiger partial charge in [-0.25, -0.2) is 8.42 Å². The van der Waals surface area contributed by atoms with Gasteiger partial charge in [0.15, 0.2) is 0 Å². The third kappa shape index (κ3) is 6.03. The predicted molar refractivity (Wildman–Crippen MR) is 133 cm³/mol. The summed E-state index contributed by atoms with van der Waals surface area (Å²) < 4.78 is 27.7. The minimum absolute atomic E-state index is 0.119. The van der Waals surface area contributed by atoms with Crippen LogP contribution in [0.5, 0.6) is 0 Å². The first kappa shape index (κ1) is 24.0. The molecule has 0 bridgehead atoms. The molecule has 1 fully saturated rings. The van der Waals surface area contributed by atoms with Crippen LogP contribution in [0.4, 0.5) is 5.69 Å². The van der Waals surface area contributed by atoms with Crippen molar-refractivity contribution in [3.63, 3.8) is 0 Å². The lowest BCUT2D eigenvalue weighted by Gasteiger charge is -2.35. The van der Waals surface area contributed by atoms with E-state index in [2.05, 4.69) is 16.9 Å². The Labute approximate surface area is 204 Å². The zero-order valence-electron chi connectivity index (χ0n) is 18.7. The summed E-state index contributed by atoms with van der Waals surface area (Å²) in [6, 6.07) is 19.8. The summed E-state index contributed by atoms with van der Waals surface area (Å²) >= 11 is 1.13. The number of nitrogens with one attached hydrogen (secondary N) is 1. The molecule has 1 aliphatic heterocycles. The third-order valence-corrected chi connectivity index (χ3v) is 8.52. The quantitative estimate of drug-likeness (QED) is 0.512. The van der Waals surface area contributed by atoms with Crippen molar-refractivity contribution >= 4 is 38.9 Å². The average Bonchev–Trinajstić information content (AvgIpc) is 3.41. The van der Waals surface area contributed by atoms with Crippen LogP contribution >= 0.6 is 11.3 Å². The first-order chi connectivity index (χ1) is 16.4. The molecular formula is C25H27N3O4S2. The fourth-order valence-corrected chi connectivity index (χ4v) is 5.97. The molecule has 3 aromatic rings. The Morgan fingerprint density at radius 2 is 1.62 bits per heavy atom. The van der Waals surface area contributed by atoms with Gasteiger partial charge in [0, 0.05) is 43.9 Å². The largest absolute Gasteiger partial charge is 0.339 e. The lowest BCUT2D eigenvalue weighted by Crippen LogP contribution is -2.50.